The minimum Gasteiger partial charge on any atom is -0.481 e. The van der Waals surface area contributed by atoms with E-state index in [0.29, 0.717) is 11.1 Å². The van der Waals surface area contributed by atoms with Crippen LogP contribution in [0.3, 0.4) is 0 Å². The van der Waals surface area contributed by atoms with E-state index in [1.54, 1.807) is 31.2 Å². The number of fused-ring (bicyclic) bond motifs is 1. The van der Waals surface area contributed by atoms with Gasteiger partial charge in [0.1, 0.15) is 10.8 Å². The zero-order chi connectivity index (χ0) is 14.7. The van der Waals surface area contributed by atoms with E-state index in [1.165, 1.54) is 0 Å². The maximum atomic E-state index is 11.3. The lowest BCUT2D eigenvalue weighted by atomic mass is 10.0. The Bertz CT molecular complexity index is 605. The molecule has 1 heterocycles. The number of rotatable bonds is 6. The second-order valence-corrected chi connectivity index (χ2v) is 5.27. The van der Waals surface area contributed by atoms with Gasteiger partial charge in [0.2, 0.25) is 0 Å². The first-order valence-corrected chi connectivity index (χ1v) is 6.88. The third kappa shape index (κ3) is 2.93. The Balaban J connectivity index is 2.27. The third-order valence-electron chi connectivity index (χ3n) is 2.87. The molecule has 0 fully saturated rings. The molecule has 0 aliphatic carbocycles. The number of aromatic nitrogens is 1. The molecule has 2 aromatic rings. The van der Waals surface area contributed by atoms with Gasteiger partial charge in [0.25, 0.3) is 5.22 Å². The molecule has 2 N–H and O–H groups in total. The second kappa shape index (κ2) is 5.96. The van der Waals surface area contributed by atoms with Crippen molar-refractivity contribution in [1.82, 2.24) is 4.98 Å². The van der Waals surface area contributed by atoms with Gasteiger partial charge in [-0.05, 0) is 18.6 Å². The summed E-state index contributed by atoms with van der Waals surface area (Å²) in [6.45, 7) is 1.64. The van der Waals surface area contributed by atoms with Gasteiger partial charge in [-0.15, -0.1) is 0 Å². The average Bonchev–Trinajstić information content (AvgIpc) is 2.80. The Morgan fingerprint density at radius 2 is 2.00 bits per heavy atom. The van der Waals surface area contributed by atoms with Gasteiger partial charge in [-0.1, -0.05) is 30.8 Å². The third-order valence-corrected chi connectivity index (χ3v) is 4.03. The SMILES string of the molecule is CCC(C(=O)O)C(Sc1nc2ccccc2o1)C(=O)O. The Morgan fingerprint density at radius 3 is 2.55 bits per heavy atom. The normalized spacial score (nSPS) is 14.1. The Morgan fingerprint density at radius 1 is 1.30 bits per heavy atom. The molecule has 0 saturated heterocycles. The number of para-hydroxylation sites is 2. The molecule has 0 spiro atoms. The Kier molecular flexibility index (Phi) is 4.29. The molecule has 1 aromatic heterocycles. The molecule has 0 aliphatic heterocycles. The number of carboxylic acids is 2. The number of carbonyl (C=O) groups is 2. The molecule has 2 atom stereocenters. The van der Waals surface area contributed by atoms with E-state index >= 15 is 0 Å². The van der Waals surface area contributed by atoms with E-state index in [0.717, 1.165) is 11.8 Å². The number of thioether (sulfide) groups is 1. The molecule has 2 unspecified atom stereocenters. The molecule has 7 heteroatoms. The summed E-state index contributed by atoms with van der Waals surface area (Å²) in [6, 6.07) is 7.03. The van der Waals surface area contributed by atoms with Crippen molar-refractivity contribution in [1.29, 1.82) is 0 Å². The zero-order valence-electron chi connectivity index (χ0n) is 10.6. The van der Waals surface area contributed by atoms with Gasteiger partial charge >= 0.3 is 11.9 Å². The van der Waals surface area contributed by atoms with Crippen LogP contribution in [0, 0.1) is 5.92 Å². The predicted molar refractivity (Wildman–Crippen MR) is 72.7 cm³/mol. The van der Waals surface area contributed by atoms with Crippen LogP contribution >= 0.6 is 11.8 Å². The molecule has 0 radical (unpaired) electrons. The van der Waals surface area contributed by atoms with E-state index in [1.807, 2.05) is 0 Å². The highest BCUT2D eigenvalue weighted by Gasteiger charge is 2.34. The first-order chi connectivity index (χ1) is 9.52. The quantitative estimate of drug-likeness (QED) is 0.789. The lowest BCUT2D eigenvalue weighted by Crippen LogP contribution is -2.31. The predicted octanol–water partition coefficient (Wildman–Crippen LogP) is 2.48. The molecule has 0 aliphatic rings. The zero-order valence-corrected chi connectivity index (χ0v) is 11.5. The summed E-state index contributed by atoms with van der Waals surface area (Å²) in [5.74, 6) is -3.32. The molecule has 6 nitrogen and oxygen atoms in total. The summed E-state index contributed by atoms with van der Waals surface area (Å²) < 4.78 is 5.42. The van der Waals surface area contributed by atoms with Crippen molar-refractivity contribution >= 4 is 34.8 Å². The average molecular weight is 295 g/mol. The van der Waals surface area contributed by atoms with E-state index in [2.05, 4.69) is 4.98 Å². The maximum absolute atomic E-state index is 11.3. The van der Waals surface area contributed by atoms with E-state index in [9.17, 15) is 14.7 Å². The van der Waals surface area contributed by atoms with Crippen molar-refractivity contribution in [2.24, 2.45) is 5.92 Å². The summed E-state index contributed by atoms with van der Waals surface area (Å²) in [7, 11) is 0. The maximum Gasteiger partial charge on any atom is 0.318 e. The van der Waals surface area contributed by atoms with Crippen LogP contribution in [0.1, 0.15) is 13.3 Å². The lowest BCUT2D eigenvalue weighted by Gasteiger charge is -2.16. The highest BCUT2D eigenvalue weighted by Crippen LogP contribution is 2.31. The number of carboxylic acid groups (broad SMARTS) is 2. The van der Waals surface area contributed by atoms with Crippen molar-refractivity contribution in [3.05, 3.63) is 24.3 Å². The van der Waals surface area contributed by atoms with Gasteiger partial charge in [0, 0.05) is 0 Å². The highest BCUT2D eigenvalue weighted by atomic mass is 32.2. The van der Waals surface area contributed by atoms with Crippen molar-refractivity contribution in [3.63, 3.8) is 0 Å². The van der Waals surface area contributed by atoms with Crippen LogP contribution in [0.5, 0.6) is 0 Å². The minimum absolute atomic E-state index is 0.165. The fourth-order valence-corrected chi connectivity index (χ4v) is 2.91. The number of benzene rings is 1. The minimum atomic E-state index is -1.19. The number of hydrogen-bond donors (Lipinski definition) is 2. The number of aliphatic carboxylic acids is 2. The molecule has 0 amide bonds. The monoisotopic (exact) mass is 295 g/mol. The van der Waals surface area contributed by atoms with Crippen LogP contribution in [0.15, 0.2) is 33.9 Å². The molecule has 20 heavy (non-hydrogen) atoms. The van der Waals surface area contributed by atoms with Crippen molar-refractivity contribution in [3.8, 4) is 0 Å². The number of oxazole rings is 1. The fraction of sp³-hybridized carbons (Fsp3) is 0.308. The molecule has 106 valence electrons. The van der Waals surface area contributed by atoms with Gasteiger partial charge in [-0.3, -0.25) is 9.59 Å². The second-order valence-electron chi connectivity index (χ2n) is 4.18. The molecule has 1 aromatic carbocycles. The van der Waals surface area contributed by atoms with Gasteiger partial charge in [0.05, 0.1) is 5.92 Å². The summed E-state index contributed by atoms with van der Waals surface area (Å²) in [5, 5.41) is 17.3. The largest absolute Gasteiger partial charge is 0.481 e. The summed E-state index contributed by atoms with van der Waals surface area (Å²) in [6.07, 6.45) is 0.222. The summed E-state index contributed by atoms with van der Waals surface area (Å²) >= 11 is 0.825. The highest BCUT2D eigenvalue weighted by molar-refractivity contribution is 8.00. The van der Waals surface area contributed by atoms with Crippen molar-refractivity contribution in [2.75, 3.05) is 0 Å². The van der Waals surface area contributed by atoms with Crippen LogP contribution < -0.4 is 0 Å². The van der Waals surface area contributed by atoms with Crippen molar-refractivity contribution in [2.45, 2.75) is 23.8 Å². The first-order valence-electron chi connectivity index (χ1n) is 6.00. The van der Waals surface area contributed by atoms with Crippen molar-refractivity contribution < 1.29 is 24.2 Å². The van der Waals surface area contributed by atoms with Crippen LogP contribution in [0.25, 0.3) is 11.1 Å². The van der Waals surface area contributed by atoms with E-state index < -0.39 is 23.1 Å². The molecule has 0 saturated carbocycles. The Hall–Kier alpha value is -2.02. The van der Waals surface area contributed by atoms with Gasteiger partial charge < -0.3 is 14.6 Å². The standard InChI is InChI=1S/C13H13NO5S/c1-2-7(11(15)16)10(12(17)18)20-13-14-8-5-3-4-6-9(8)19-13/h3-7,10H,2H2,1H3,(H,15,16)(H,17,18). The van der Waals surface area contributed by atoms with Crippen LogP contribution in [0.4, 0.5) is 0 Å². The number of hydrogen-bond acceptors (Lipinski definition) is 5. The van der Waals surface area contributed by atoms with Gasteiger partial charge in [-0.25, -0.2) is 4.98 Å². The van der Waals surface area contributed by atoms with E-state index in [4.69, 9.17) is 9.52 Å². The molecule has 2 rings (SSSR count). The first kappa shape index (κ1) is 14.4. The topological polar surface area (TPSA) is 101 Å². The smallest absolute Gasteiger partial charge is 0.318 e. The fourth-order valence-electron chi connectivity index (χ4n) is 1.83. The molecular formula is C13H13NO5S. The lowest BCUT2D eigenvalue weighted by molar-refractivity contribution is -0.147. The summed E-state index contributed by atoms with van der Waals surface area (Å²) in [5.41, 5.74) is 1.16. The molecular weight excluding hydrogens is 282 g/mol. The van der Waals surface area contributed by atoms with Crippen LogP contribution in [0.2, 0.25) is 0 Å². The van der Waals surface area contributed by atoms with E-state index in [-0.39, 0.29) is 11.6 Å². The summed E-state index contributed by atoms with van der Waals surface area (Å²) in [4.78, 5) is 26.5. The van der Waals surface area contributed by atoms with Gasteiger partial charge in [0.15, 0.2) is 5.58 Å². The van der Waals surface area contributed by atoms with Crippen LogP contribution in [-0.4, -0.2) is 32.4 Å². The van der Waals surface area contributed by atoms with Crippen LogP contribution in [-0.2, 0) is 9.59 Å². The number of nitrogens with zero attached hydrogens (tertiary/aromatic N) is 1. The van der Waals surface area contributed by atoms with Gasteiger partial charge in [-0.2, -0.15) is 0 Å². The Labute approximate surface area is 118 Å². The molecule has 0 bridgehead atoms.